The summed E-state index contributed by atoms with van der Waals surface area (Å²) in [4.78, 5) is 12.1. The maximum absolute atomic E-state index is 12.1. The summed E-state index contributed by atoms with van der Waals surface area (Å²) in [5.41, 5.74) is 2.48. The van der Waals surface area contributed by atoms with Gasteiger partial charge in [-0.2, -0.15) is 5.26 Å². The maximum atomic E-state index is 12.1. The quantitative estimate of drug-likeness (QED) is 0.655. The molecule has 0 saturated heterocycles. The highest BCUT2D eigenvalue weighted by Crippen LogP contribution is 2.21. The van der Waals surface area contributed by atoms with Crippen LogP contribution in [0.5, 0.6) is 0 Å². The van der Waals surface area contributed by atoms with Crippen LogP contribution in [-0.4, -0.2) is 11.5 Å². The van der Waals surface area contributed by atoms with E-state index in [0.717, 1.165) is 22.3 Å². The highest BCUT2D eigenvalue weighted by atomic mass is 32.2. The summed E-state index contributed by atoms with van der Waals surface area (Å²) in [5.74, 6) is 1.51. The predicted molar refractivity (Wildman–Crippen MR) is 87.9 cm³/mol. The zero-order chi connectivity index (χ0) is 15.4. The first-order valence-corrected chi connectivity index (χ1v) is 8.00. The third kappa shape index (κ3) is 3.21. The van der Waals surface area contributed by atoms with Crippen LogP contribution in [-0.2, 0) is 5.75 Å². The van der Waals surface area contributed by atoms with Crippen molar-refractivity contribution in [3.63, 3.8) is 0 Å². The molecule has 0 atom stereocenters. The Hall–Kier alpha value is -2.51. The van der Waals surface area contributed by atoms with Gasteiger partial charge in [0.2, 0.25) is 5.78 Å². The number of para-hydroxylation sites is 1. The van der Waals surface area contributed by atoms with Gasteiger partial charge < -0.3 is 4.42 Å². The van der Waals surface area contributed by atoms with E-state index in [0.29, 0.717) is 17.1 Å². The lowest BCUT2D eigenvalue weighted by atomic mass is 10.2. The number of hydrogen-bond acceptors (Lipinski definition) is 4. The summed E-state index contributed by atoms with van der Waals surface area (Å²) in [6, 6.07) is 18.9. The Balaban J connectivity index is 1.58. The Kier molecular flexibility index (Phi) is 4.27. The van der Waals surface area contributed by atoms with Crippen molar-refractivity contribution < 1.29 is 9.21 Å². The Bertz CT molecular complexity index is 810. The normalized spacial score (nSPS) is 10.5. The van der Waals surface area contributed by atoms with Gasteiger partial charge in [0.05, 0.1) is 17.4 Å². The van der Waals surface area contributed by atoms with Crippen LogP contribution in [0.3, 0.4) is 0 Å². The molecule has 0 aliphatic heterocycles. The standard InChI is InChI=1S/C18H13NO2S/c19-10-13-5-7-14(8-6-13)11-22-12-16(20)18-9-15-3-1-2-4-17(15)21-18/h1-9H,11-12H2. The summed E-state index contributed by atoms with van der Waals surface area (Å²) < 4.78 is 5.56. The molecular formula is C18H13NO2S. The van der Waals surface area contributed by atoms with Crippen molar-refractivity contribution in [2.75, 3.05) is 5.75 Å². The van der Waals surface area contributed by atoms with Gasteiger partial charge in [0.15, 0.2) is 5.76 Å². The molecule has 0 aliphatic rings. The van der Waals surface area contributed by atoms with Crippen molar-refractivity contribution in [1.82, 2.24) is 0 Å². The number of ketones is 1. The molecule has 0 aliphatic carbocycles. The fourth-order valence-corrected chi connectivity index (χ4v) is 2.99. The first kappa shape index (κ1) is 14.4. The number of carbonyl (C=O) groups is 1. The third-order valence-corrected chi connectivity index (χ3v) is 4.29. The summed E-state index contributed by atoms with van der Waals surface area (Å²) in [7, 11) is 0. The van der Waals surface area contributed by atoms with Gasteiger partial charge in [0, 0.05) is 11.1 Å². The fraction of sp³-hybridized carbons (Fsp3) is 0.111. The summed E-state index contributed by atoms with van der Waals surface area (Å²) in [6.45, 7) is 0. The van der Waals surface area contributed by atoms with E-state index in [4.69, 9.17) is 9.68 Å². The number of thioether (sulfide) groups is 1. The largest absolute Gasteiger partial charge is 0.453 e. The van der Waals surface area contributed by atoms with Gasteiger partial charge >= 0.3 is 0 Å². The van der Waals surface area contributed by atoms with E-state index in [1.165, 1.54) is 0 Å². The van der Waals surface area contributed by atoms with E-state index < -0.39 is 0 Å². The number of Topliss-reactive ketones (excluding diaryl/α,β-unsaturated/α-hetero) is 1. The van der Waals surface area contributed by atoms with Crippen LogP contribution in [0.1, 0.15) is 21.7 Å². The number of benzene rings is 2. The second-order valence-electron chi connectivity index (χ2n) is 4.87. The predicted octanol–water partition coefficient (Wildman–Crippen LogP) is 4.42. The van der Waals surface area contributed by atoms with E-state index in [1.807, 2.05) is 36.4 Å². The molecule has 0 bridgehead atoms. The number of carbonyl (C=O) groups excluding carboxylic acids is 1. The topological polar surface area (TPSA) is 54.0 Å². The number of furan rings is 1. The van der Waals surface area contributed by atoms with Crippen molar-refractivity contribution in [2.45, 2.75) is 5.75 Å². The Labute approximate surface area is 132 Å². The summed E-state index contributed by atoms with van der Waals surface area (Å²) in [5, 5.41) is 9.70. The molecule has 0 amide bonds. The van der Waals surface area contributed by atoms with Crippen molar-refractivity contribution in [3.8, 4) is 6.07 Å². The zero-order valence-electron chi connectivity index (χ0n) is 11.8. The SMILES string of the molecule is N#Cc1ccc(CSCC(=O)c2cc3ccccc3o2)cc1. The first-order valence-electron chi connectivity index (χ1n) is 6.85. The average Bonchev–Trinajstić information content (AvgIpc) is 2.99. The van der Waals surface area contributed by atoms with E-state index in [2.05, 4.69) is 6.07 Å². The lowest BCUT2D eigenvalue weighted by Gasteiger charge is -2.00. The average molecular weight is 307 g/mol. The van der Waals surface area contributed by atoms with Gasteiger partial charge in [-0.25, -0.2) is 0 Å². The van der Waals surface area contributed by atoms with Crippen molar-refractivity contribution in [3.05, 3.63) is 71.5 Å². The molecule has 3 rings (SSSR count). The molecule has 1 aromatic heterocycles. The fourth-order valence-electron chi connectivity index (χ4n) is 2.13. The van der Waals surface area contributed by atoms with Crippen molar-refractivity contribution in [2.24, 2.45) is 0 Å². The molecule has 0 N–H and O–H groups in total. The van der Waals surface area contributed by atoms with Gasteiger partial charge in [0.25, 0.3) is 0 Å². The minimum atomic E-state index is -0.00477. The number of nitrogens with zero attached hydrogens (tertiary/aromatic N) is 1. The Morgan fingerprint density at radius 2 is 1.91 bits per heavy atom. The molecule has 3 aromatic rings. The second kappa shape index (κ2) is 6.50. The minimum Gasteiger partial charge on any atom is -0.453 e. The molecule has 0 fully saturated rings. The van der Waals surface area contributed by atoms with Crippen LogP contribution in [0.4, 0.5) is 0 Å². The van der Waals surface area contributed by atoms with E-state index in [1.54, 1.807) is 30.0 Å². The molecule has 1 heterocycles. The van der Waals surface area contributed by atoms with Crippen LogP contribution in [0.25, 0.3) is 11.0 Å². The van der Waals surface area contributed by atoms with Crippen LogP contribution in [0.15, 0.2) is 59.0 Å². The Morgan fingerprint density at radius 1 is 1.14 bits per heavy atom. The highest BCUT2D eigenvalue weighted by molar-refractivity contribution is 7.99. The minimum absolute atomic E-state index is 0.00477. The highest BCUT2D eigenvalue weighted by Gasteiger charge is 2.12. The van der Waals surface area contributed by atoms with Crippen LogP contribution in [0, 0.1) is 11.3 Å². The Morgan fingerprint density at radius 3 is 2.64 bits per heavy atom. The number of rotatable bonds is 5. The molecule has 4 heteroatoms. The smallest absolute Gasteiger partial charge is 0.207 e. The van der Waals surface area contributed by atoms with E-state index in [-0.39, 0.29) is 5.78 Å². The first-order chi connectivity index (χ1) is 10.8. The van der Waals surface area contributed by atoms with Crippen molar-refractivity contribution in [1.29, 1.82) is 5.26 Å². The monoisotopic (exact) mass is 307 g/mol. The number of nitriles is 1. The van der Waals surface area contributed by atoms with E-state index >= 15 is 0 Å². The third-order valence-electron chi connectivity index (χ3n) is 3.29. The molecule has 3 nitrogen and oxygen atoms in total. The molecular weight excluding hydrogens is 294 g/mol. The molecule has 0 spiro atoms. The van der Waals surface area contributed by atoms with Crippen LogP contribution < -0.4 is 0 Å². The molecule has 2 aromatic carbocycles. The summed E-state index contributed by atoms with van der Waals surface area (Å²) >= 11 is 1.54. The summed E-state index contributed by atoms with van der Waals surface area (Å²) in [6.07, 6.45) is 0. The van der Waals surface area contributed by atoms with Gasteiger partial charge in [-0.3, -0.25) is 4.79 Å². The van der Waals surface area contributed by atoms with Gasteiger partial charge in [-0.15, -0.1) is 11.8 Å². The van der Waals surface area contributed by atoms with Crippen molar-refractivity contribution >= 4 is 28.5 Å². The molecule has 108 valence electrons. The molecule has 0 saturated carbocycles. The second-order valence-corrected chi connectivity index (χ2v) is 5.86. The lowest BCUT2D eigenvalue weighted by molar-refractivity contribution is 0.0994. The van der Waals surface area contributed by atoms with Gasteiger partial charge in [-0.1, -0.05) is 30.3 Å². The van der Waals surface area contributed by atoms with Gasteiger partial charge in [-0.05, 0) is 29.8 Å². The molecule has 0 radical (unpaired) electrons. The molecule has 22 heavy (non-hydrogen) atoms. The van der Waals surface area contributed by atoms with E-state index in [9.17, 15) is 4.79 Å². The van der Waals surface area contributed by atoms with Crippen LogP contribution >= 0.6 is 11.8 Å². The maximum Gasteiger partial charge on any atom is 0.207 e. The number of hydrogen-bond donors (Lipinski definition) is 0. The zero-order valence-corrected chi connectivity index (χ0v) is 12.6. The van der Waals surface area contributed by atoms with Crippen LogP contribution in [0.2, 0.25) is 0 Å². The molecule has 0 unspecified atom stereocenters. The number of fused-ring (bicyclic) bond motifs is 1. The lowest BCUT2D eigenvalue weighted by Crippen LogP contribution is -2.00. The van der Waals surface area contributed by atoms with Gasteiger partial charge in [0.1, 0.15) is 5.58 Å².